The molecule has 0 spiro atoms. The van der Waals surface area contributed by atoms with Crippen LogP contribution in [0, 0.1) is 0 Å². The molecule has 3 heterocycles. The van der Waals surface area contributed by atoms with Gasteiger partial charge in [0.1, 0.15) is 23.9 Å². The Morgan fingerprint density at radius 2 is 2.17 bits per heavy atom. The van der Waals surface area contributed by atoms with Crippen LogP contribution in [-0.2, 0) is 4.74 Å². The summed E-state index contributed by atoms with van der Waals surface area (Å²) in [5.41, 5.74) is 9.05. The molecule has 6 heteroatoms. The molecule has 0 fully saturated rings. The predicted molar refractivity (Wildman–Crippen MR) is 93.3 cm³/mol. The molecule has 0 aliphatic carbocycles. The van der Waals surface area contributed by atoms with Crippen LogP contribution in [0.15, 0.2) is 35.7 Å². The van der Waals surface area contributed by atoms with Gasteiger partial charge in [0.25, 0.3) is 0 Å². The SMILES string of the molecule is CC1C=CC(c2cn(C(C)C)c3ncnc(N)c23)=CCN=CO1. The van der Waals surface area contributed by atoms with Crippen molar-refractivity contribution in [1.29, 1.82) is 0 Å². The van der Waals surface area contributed by atoms with Crippen LogP contribution in [0.1, 0.15) is 32.4 Å². The molecule has 1 atom stereocenters. The second-order valence-corrected chi connectivity index (χ2v) is 5.83. The highest BCUT2D eigenvalue weighted by Crippen LogP contribution is 2.32. The molecule has 2 N–H and O–H groups in total. The molecule has 3 rings (SSSR count). The van der Waals surface area contributed by atoms with Crippen molar-refractivity contribution in [3.63, 3.8) is 0 Å². The average Bonchev–Trinajstić information content (AvgIpc) is 2.93. The van der Waals surface area contributed by atoms with E-state index in [2.05, 4.69) is 45.6 Å². The predicted octanol–water partition coefficient (Wildman–Crippen LogP) is 2.98. The molecule has 0 aromatic carbocycles. The lowest BCUT2D eigenvalue weighted by atomic mass is 10.0. The normalized spacial score (nSPS) is 18.4. The van der Waals surface area contributed by atoms with Crippen molar-refractivity contribution in [2.45, 2.75) is 32.9 Å². The first-order valence-corrected chi connectivity index (χ1v) is 7.71. The van der Waals surface area contributed by atoms with Gasteiger partial charge in [-0.25, -0.2) is 9.97 Å². The number of hydrogen-bond donors (Lipinski definition) is 1. The third-order valence-corrected chi connectivity index (χ3v) is 3.82. The Balaban J connectivity index is 2.20. The molecule has 0 radical (unpaired) electrons. The maximum atomic E-state index is 6.14. The van der Waals surface area contributed by atoms with Crippen LogP contribution in [0.4, 0.5) is 5.82 Å². The fourth-order valence-electron chi connectivity index (χ4n) is 2.61. The van der Waals surface area contributed by atoms with Gasteiger partial charge >= 0.3 is 0 Å². The molecule has 1 aliphatic rings. The summed E-state index contributed by atoms with van der Waals surface area (Å²) in [6.45, 7) is 6.76. The molecule has 0 amide bonds. The number of anilines is 1. The molecule has 1 unspecified atom stereocenters. The van der Waals surface area contributed by atoms with E-state index in [1.54, 1.807) is 0 Å². The standard InChI is InChI=1S/C17H21N5O/c1-11(2)22-8-14(15-16(18)20-9-21-17(15)22)13-5-4-12(3)23-10-19-7-6-13/h4-6,8-12H,7H2,1-3H3,(H2,18,20,21). The third kappa shape index (κ3) is 2.97. The number of nitrogens with two attached hydrogens (primary N) is 1. The van der Waals surface area contributed by atoms with E-state index in [0.29, 0.717) is 12.4 Å². The van der Waals surface area contributed by atoms with Gasteiger partial charge in [0, 0.05) is 17.8 Å². The summed E-state index contributed by atoms with van der Waals surface area (Å²) in [6, 6.07) is 0.279. The molecule has 0 bridgehead atoms. The number of ether oxygens (including phenoxy) is 1. The van der Waals surface area contributed by atoms with E-state index in [4.69, 9.17) is 10.5 Å². The van der Waals surface area contributed by atoms with Gasteiger partial charge in [-0.1, -0.05) is 12.2 Å². The lowest BCUT2D eigenvalue weighted by molar-refractivity contribution is 0.269. The van der Waals surface area contributed by atoms with Crippen molar-refractivity contribution in [1.82, 2.24) is 14.5 Å². The zero-order chi connectivity index (χ0) is 16.4. The topological polar surface area (TPSA) is 78.3 Å². The molecule has 0 saturated carbocycles. The van der Waals surface area contributed by atoms with Gasteiger partial charge in [-0.2, -0.15) is 0 Å². The summed E-state index contributed by atoms with van der Waals surface area (Å²) in [6.07, 6.45) is 11.2. The van der Waals surface area contributed by atoms with Crippen molar-refractivity contribution in [3.05, 3.63) is 36.3 Å². The minimum atomic E-state index is -0.0349. The Morgan fingerprint density at radius 3 is 2.96 bits per heavy atom. The average molecular weight is 311 g/mol. The van der Waals surface area contributed by atoms with Crippen molar-refractivity contribution >= 4 is 28.8 Å². The molecular weight excluding hydrogens is 290 g/mol. The highest BCUT2D eigenvalue weighted by molar-refractivity contribution is 5.99. The van der Waals surface area contributed by atoms with Crippen LogP contribution in [0.2, 0.25) is 0 Å². The first-order chi connectivity index (χ1) is 11.1. The number of fused-ring (bicyclic) bond motifs is 1. The maximum Gasteiger partial charge on any atom is 0.170 e. The largest absolute Gasteiger partial charge is 0.477 e. The fourth-order valence-corrected chi connectivity index (χ4v) is 2.61. The number of nitrogens with zero attached hydrogens (tertiary/aromatic N) is 4. The van der Waals surface area contributed by atoms with Gasteiger partial charge in [-0.3, -0.25) is 4.99 Å². The van der Waals surface area contributed by atoms with Crippen LogP contribution in [0.3, 0.4) is 0 Å². The molecule has 2 aromatic heterocycles. The molecule has 23 heavy (non-hydrogen) atoms. The summed E-state index contributed by atoms with van der Waals surface area (Å²) >= 11 is 0. The van der Waals surface area contributed by atoms with Gasteiger partial charge in [-0.15, -0.1) is 0 Å². The number of rotatable bonds is 2. The molecular formula is C17H21N5O. The van der Waals surface area contributed by atoms with Crippen LogP contribution in [0.5, 0.6) is 0 Å². The Hall–Kier alpha value is -2.63. The van der Waals surface area contributed by atoms with E-state index in [1.807, 2.05) is 19.1 Å². The second-order valence-electron chi connectivity index (χ2n) is 5.83. The summed E-state index contributed by atoms with van der Waals surface area (Å²) in [5, 5.41) is 0.883. The first kappa shape index (κ1) is 15.3. The Bertz CT molecular complexity index is 801. The number of allylic oxidation sites excluding steroid dienone is 2. The fraction of sp³-hybridized carbons (Fsp3) is 0.353. The van der Waals surface area contributed by atoms with Crippen LogP contribution >= 0.6 is 0 Å². The molecule has 1 aliphatic heterocycles. The Kier molecular flexibility index (Phi) is 4.14. The first-order valence-electron chi connectivity index (χ1n) is 7.71. The van der Waals surface area contributed by atoms with Crippen LogP contribution < -0.4 is 5.73 Å². The number of nitrogen functional groups attached to an aromatic ring is 1. The van der Waals surface area contributed by atoms with E-state index in [1.165, 1.54) is 12.7 Å². The quantitative estimate of drug-likeness (QED) is 0.924. The van der Waals surface area contributed by atoms with Crippen molar-refractivity contribution in [3.8, 4) is 0 Å². The van der Waals surface area contributed by atoms with E-state index in [9.17, 15) is 0 Å². The Labute approximate surface area is 135 Å². The van der Waals surface area contributed by atoms with Crippen molar-refractivity contribution < 1.29 is 4.74 Å². The number of aromatic nitrogens is 3. The minimum Gasteiger partial charge on any atom is -0.477 e. The van der Waals surface area contributed by atoms with E-state index >= 15 is 0 Å². The van der Waals surface area contributed by atoms with Crippen molar-refractivity contribution in [2.24, 2.45) is 4.99 Å². The number of aliphatic imine (C=N–C) groups is 1. The van der Waals surface area contributed by atoms with Crippen molar-refractivity contribution in [2.75, 3.05) is 12.3 Å². The monoisotopic (exact) mass is 311 g/mol. The smallest absolute Gasteiger partial charge is 0.170 e. The zero-order valence-corrected chi connectivity index (χ0v) is 13.6. The maximum absolute atomic E-state index is 6.14. The molecule has 0 saturated heterocycles. The highest BCUT2D eigenvalue weighted by atomic mass is 16.5. The second kappa shape index (κ2) is 6.24. The summed E-state index contributed by atoms with van der Waals surface area (Å²) in [5.74, 6) is 0.492. The van der Waals surface area contributed by atoms with E-state index in [-0.39, 0.29) is 12.1 Å². The third-order valence-electron chi connectivity index (χ3n) is 3.82. The van der Waals surface area contributed by atoms with E-state index in [0.717, 1.165) is 22.2 Å². The van der Waals surface area contributed by atoms with Gasteiger partial charge in [0.2, 0.25) is 0 Å². The summed E-state index contributed by atoms with van der Waals surface area (Å²) in [4.78, 5) is 12.8. The van der Waals surface area contributed by atoms with Gasteiger partial charge in [0.15, 0.2) is 6.40 Å². The lowest BCUT2D eigenvalue weighted by Crippen LogP contribution is -2.01. The summed E-state index contributed by atoms with van der Waals surface area (Å²) in [7, 11) is 0. The van der Waals surface area contributed by atoms with Crippen LogP contribution in [-0.4, -0.2) is 33.6 Å². The Morgan fingerprint density at radius 1 is 1.35 bits per heavy atom. The zero-order valence-electron chi connectivity index (χ0n) is 13.6. The van der Waals surface area contributed by atoms with Crippen LogP contribution in [0.25, 0.3) is 16.6 Å². The molecule has 120 valence electrons. The van der Waals surface area contributed by atoms with Gasteiger partial charge < -0.3 is 15.0 Å². The summed E-state index contributed by atoms with van der Waals surface area (Å²) < 4.78 is 7.55. The molecule has 6 nitrogen and oxygen atoms in total. The van der Waals surface area contributed by atoms with Gasteiger partial charge in [0.05, 0.1) is 11.9 Å². The lowest BCUT2D eigenvalue weighted by Gasteiger charge is -2.07. The van der Waals surface area contributed by atoms with E-state index < -0.39 is 0 Å². The molecule has 2 aromatic rings. The minimum absolute atomic E-state index is 0.0349. The highest BCUT2D eigenvalue weighted by Gasteiger charge is 2.17. The number of hydrogen-bond acceptors (Lipinski definition) is 5. The van der Waals surface area contributed by atoms with Gasteiger partial charge in [-0.05, 0) is 32.4 Å².